The highest BCUT2D eigenvalue weighted by molar-refractivity contribution is 7.91. The Morgan fingerprint density at radius 1 is 0.760 bits per heavy atom. The Balaban J connectivity index is 1.79. The van der Waals surface area contributed by atoms with E-state index in [1.54, 1.807) is 58.3 Å². The maximum Gasteiger partial charge on any atom is 0.329 e. The van der Waals surface area contributed by atoms with E-state index in [2.05, 4.69) is 0 Å². The Morgan fingerprint density at radius 2 is 1.12 bits per heavy atom. The molecule has 0 spiro atoms. The molecule has 2 aliphatic heterocycles. The molecule has 0 radical (unpaired) electrons. The van der Waals surface area contributed by atoms with E-state index < -0.39 is 21.9 Å². The second kappa shape index (κ2) is 5.90. The van der Waals surface area contributed by atoms with E-state index in [0.29, 0.717) is 21.4 Å². The number of amides is 2. The maximum absolute atomic E-state index is 13.1. The van der Waals surface area contributed by atoms with E-state index in [1.807, 2.05) is 0 Å². The first kappa shape index (κ1) is 16.7. The van der Waals surface area contributed by atoms with E-state index in [9.17, 15) is 13.2 Å². The van der Waals surface area contributed by atoms with Crippen molar-refractivity contribution in [1.29, 1.82) is 0 Å². The Labute approximate surface area is 155 Å². The molecule has 2 fully saturated rings. The number of anilines is 2. The number of hydrogen-bond donors (Lipinski definition) is 0. The van der Waals surface area contributed by atoms with Crippen LogP contribution in [0.25, 0.3) is 0 Å². The van der Waals surface area contributed by atoms with Gasteiger partial charge in [0.1, 0.15) is 0 Å². The molecule has 0 bridgehead atoms. The van der Waals surface area contributed by atoms with Gasteiger partial charge < -0.3 is 0 Å². The van der Waals surface area contributed by atoms with Crippen molar-refractivity contribution in [3.63, 3.8) is 0 Å². The standard InChI is InChI=1S/C17H14Cl2N2O3S/c18-11-1-5-13(6-2-11)20-15-9-25(23,24)10-16(15)21(17(20)22)14-7-3-12(19)4-8-14/h1-8,15-16H,9-10H2/t15-,16-/m1/s1. The number of halogens is 2. The van der Waals surface area contributed by atoms with Crippen LogP contribution in [-0.4, -0.2) is 38.0 Å². The molecule has 130 valence electrons. The maximum atomic E-state index is 13.1. The second-order valence-electron chi connectivity index (χ2n) is 6.19. The summed E-state index contributed by atoms with van der Waals surface area (Å²) in [5, 5.41) is 1.11. The van der Waals surface area contributed by atoms with Gasteiger partial charge in [-0.1, -0.05) is 23.2 Å². The zero-order valence-electron chi connectivity index (χ0n) is 13.0. The van der Waals surface area contributed by atoms with Crippen LogP contribution >= 0.6 is 23.2 Å². The predicted octanol–water partition coefficient (Wildman–Crippen LogP) is 3.61. The molecule has 25 heavy (non-hydrogen) atoms. The van der Waals surface area contributed by atoms with Crippen molar-refractivity contribution in [3.8, 4) is 0 Å². The molecule has 2 aliphatic rings. The number of carbonyl (C=O) groups excluding carboxylic acids is 1. The summed E-state index contributed by atoms with van der Waals surface area (Å²) in [5.41, 5.74) is 1.27. The summed E-state index contributed by atoms with van der Waals surface area (Å²) < 4.78 is 24.4. The average Bonchev–Trinajstić information content (AvgIpc) is 2.99. The molecular formula is C17H14Cl2N2O3S. The van der Waals surface area contributed by atoms with Gasteiger partial charge in [-0.05, 0) is 48.5 Å². The smallest absolute Gasteiger partial charge is 0.288 e. The van der Waals surface area contributed by atoms with Crippen molar-refractivity contribution in [2.75, 3.05) is 21.3 Å². The van der Waals surface area contributed by atoms with Crippen LogP contribution in [0.1, 0.15) is 0 Å². The normalized spacial score (nSPS) is 24.6. The quantitative estimate of drug-likeness (QED) is 0.728. The first-order chi connectivity index (χ1) is 11.9. The van der Waals surface area contributed by atoms with Crippen molar-refractivity contribution in [3.05, 3.63) is 58.6 Å². The lowest BCUT2D eigenvalue weighted by atomic mass is 10.1. The molecule has 2 amide bonds. The van der Waals surface area contributed by atoms with Crippen LogP contribution in [0.2, 0.25) is 10.0 Å². The molecule has 0 saturated carbocycles. The van der Waals surface area contributed by atoms with E-state index in [0.717, 1.165) is 0 Å². The molecule has 2 aromatic rings. The summed E-state index contributed by atoms with van der Waals surface area (Å²) in [7, 11) is -3.21. The Bertz CT molecular complexity index is 860. The number of rotatable bonds is 2. The van der Waals surface area contributed by atoms with Gasteiger partial charge in [-0.15, -0.1) is 0 Å². The number of carbonyl (C=O) groups is 1. The van der Waals surface area contributed by atoms with Crippen LogP contribution in [0.4, 0.5) is 16.2 Å². The van der Waals surface area contributed by atoms with Gasteiger partial charge in [-0.25, -0.2) is 13.2 Å². The molecule has 2 saturated heterocycles. The van der Waals surface area contributed by atoms with Crippen LogP contribution in [0.5, 0.6) is 0 Å². The van der Waals surface area contributed by atoms with Crippen molar-refractivity contribution >= 4 is 50.4 Å². The predicted molar refractivity (Wildman–Crippen MR) is 99.5 cm³/mol. The molecule has 0 aliphatic carbocycles. The number of sulfone groups is 1. The van der Waals surface area contributed by atoms with E-state index >= 15 is 0 Å². The fourth-order valence-corrected chi connectivity index (χ4v) is 5.68. The summed E-state index contributed by atoms with van der Waals surface area (Å²) in [6.07, 6.45) is 0. The molecule has 4 rings (SSSR count). The molecule has 2 aromatic carbocycles. The number of hydrogen-bond acceptors (Lipinski definition) is 3. The minimum absolute atomic E-state index is 0.0455. The second-order valence-corrected chi connectivity index (χ2v) is 9.21. The van der Waals surface area contributed by atoms with Gasteiger partial charge in [-0.2, -0.15) is 0 Å². The van der Waals surface area contributed by atoms with E-state index in [1.165, 1.54) is 0 Å². The first-order valence-corrected chi connectivity index (χ1v) is 10.3. The summed E-state index contributed by atoms with van der Waals surface area (Å²) in [5.74, 6) is -0.0910. The van der Waals surface area contributed by atoms with Gasteiger partial charge in [0, 0.05) is 21.4 Å². The van der Waals surface area contributed by atoms with Crippen molar-refractivity contribution in [2.24, 2.45) is 0 Å². The van der Waals surface area contributed by atoms with Crippen LogP contribution in [0.3, 0.4) is 0 Å². The van der Waals surface area contributed by atoms with Gasteiger partial charge in [0.05, 0.1) is 23.6 Å². The highest BCUT2D eigenvalue weighted by Crippen LogP contribution is 2.38. The van der Waals surface area contributed by atoms with Gasteiger partial charge in [0.25, 0.3) is 0 Å². The van der Waals surface area contributed by atoms with Gasteiger partial charge in [0.2, 0.25) is 0 Å². The molecule has 2 atom stereocenters. The van der Waals surface area contributed by atoms with Crippen LogP contribution < -0.4 is 9.80 Å². The van der Waals surface area contributed by atoms with E-state index in [-0.39, 0.29) is 17.5 Å². The topological polar surface area (TPSA) is 57.7 Å². The van der Waals surface area contributed by atoms with E-state index in [4.69, 9.17) is 23.2 Å². The number of urea groups is 1. The molecule has 0 N–H and O–H groups in total. The van der Waals surface area contributed by atoms with Crippen LogP contribution in [0.15, 0.2) is 48.5 Å². The largest absolute Gasteiger partial charge is 0.329 e. The highest BCUT2D eigenvalue weighted by atomic mass is 35.5. The Hall–Kier alpha value is -1.76. The molecule has 0 unspecified atom stereocenters. The summed E-state index contributed by atoms with van der Waals surface area (Å²) in [6, 6.07) is 12.6. The molecule has 5 nitrogen and oxygen atoms in total. The van der Waals surface area contributed by atoms with Crippen LogP contribution in [-0.2, 0) is 9.84 Å². The number of benzene rings is 2. The number of nitrogens with zero attached hydrogens (tertiary/aromatic N) is 2. The third-order valence-corrected chi connectivity index (χ3v) is 6.78. The molecule has 0 aromatic heterocycles. The summed E-state index contributed by atoms with van der Waals surface area (Å²) in [4.78, 5) is 16.2. The average molecular weight is 397 g/mol. The fourth-order valence-electron chi connectivity index (χ4n) is 3.51. The highest BCUT2D eigenvalue weighted by Gasteiger charge is 2.54. The first-order valence-electron chi connectivity index (χ1n) is 7.70. The summed E-state index contributed by atoms with van der Waals surface area (Å²) in [6.45, 7) is 0. The summed E-state index contributed by atoms with van der Waals surface area (Å²) >= 11 is 11.9. The Kier molecular flexibility index (Phi) is 3.94. The molecule has 8 heteroatoms. The minimum Gasteiger partial charge on any atom is -0.288 e. The van der Waals surface area contributed by atoms with Crippen LogP contribution in [0, 0.1) is 0 Å². The lowest BCUT2D eigenvalue weighted by Crippen LogP contribution is -2.37. The van der Waals surface area contributed by atoms with Gasteiger partial charge in [0.15, 0.2) is 9.84 Å². The van der Waals surface area contributed by atoms with Crippen molar-refractivity contribution in [2.45, 2.75) is 12.1 Å². The van der Waals surface area contributed by atoms with Crippen molar-refractivity contribution < 1.29 is 13.2 Å². The molecule has 2 heterocycles. The zero-order valence-corrected chi connectivity index (χ0v) is 15.3. The van der Waals surface area contributed by atoms with Gasteiger partial charge in [-0.3, -0.25) is 9.80 Å². The monoisotopic (exact) mass is 396 g/mol. The third-order valence-electron chi connectivity index (χ3n) is 4.58. The lowest BCUT2D eigenvalue weighted by Gasteiger charge is -2.22. The fraction of sp³-hybridized carbons (Fsp3) is 0.235. The zero-order chi connectivity index (χ0) is 17.8. The number of fused-ring (bicyclic) bond motifs is 1. The lowest BCUT2D eigenvalue weighted by molar-refractivity contribution is 0.255. The van der Waals surface area contributed by atoms with Gasteiger partial charge >= 0.3 is 6.03 Å². The Morgan fingerprint density at radius 3 is 1.48 bits per heavy atom. The SMILES string of the molecule is O=C1N(c2ccc(Cl)cc2)[C@@H]2CS(=O)(=O)C[C@H]2N1c1ccc(Cl)cc1. The van der Waals surface area contributed by atoms with Crippen molar-refractivity contribution in [1.82, 2.24) is 0 Å². The minimum atomic E-state index is -3.21. The third kappa shape index (κ3) is 2.88. The molecular weight excluding hydrogens is 383 g/mol.